The van der Waals surface area contributed by atoms with Crippen molar-refractivity contribution in [3.63, 3.8) is 0 Å². The Bertz CT molecular complexity index is 3780. The first-order valence-corrected chi connectivity index (χ1v) is 27.0. The van der Waals surface area contributed by atoms with Gasteiger partial charge in [0.15, 0.2) is 0 Å². The van der Waals surface area contributed by atoms with Crippen molar-refractivity contribution in [2.45, 2.75) is 105 Å². The van der Waals surface area contributed by atoms with Crippen LogP contribution >= 0.6 is 0 Å². The Morgan fingerprint density at radius 1 is 0.276 bits per heavy atom. The van der Waals surface area contributed by atoms with Crippen LogP contribution in [0.2, 0.25) is 0 Å². The largest absolute Gasteiger partial charge is 0.455 e. The molecule has 0 bridgehead atoms. The molecule has 12 rings (SSSR count). The fourth-order valence-corrected chi connectivity index (χ4v) is 11.1. The third-order valence-electron chi connectivity index (χ3n) is 15.6. The van der Waals surface area contributed by atoms with Crippen LogP contribution in [0, 0.1) is 0 Å². The molecule has 0 fully saturated rings. The molecule has 0 aliphatic rings. The maximum atomic E-state index is 7.09. The van der Waals surface area contributed by atoms with Crippen molar-refractivity contribution in [1.29, 1.82) is 0 Å². The number of anilines is 6. The van der Waals surface area contributed by atoms with E-state index in [1.165, 1.54) is 22.3 Å². The van der Waals surface area contributed by atoms with E-state index >= 15 is 0 Å². The summed E-state index contributed by atoms with van der Waals surface area (Å²) < 4.78 is 14.2. The quantitative estimate of drug-likeness (QED) is 0.159. The molecule has 0 aliphatic carbocycles. The van der Waals surface area contributed by atoms with E-state index in [0.717, 1.165) is 111 Å². The summed E-state index contributed by atoms with van der Waals surface area (Å²) in [6.45, 7) is 27.2. The molecule has 10 aromatic carbocycles. The predicted molar refractivity (Wildman–Crippen MR) is 326 cm³/mol. The van der Waals surface area contributed by atoms with E-state index in [-0.39, 0.29) is 21.7 Å². The Morgan fingerprint density at radius 2 is 0.592 bits per heavy atom. The number of nitrogens with zero attached hydrogens (tertiary/aromatic N) is 2. The minimum atomic E-state index is 0.0531. The van der Waals surface area contributed by atoms with E-state index in [2.05, 4.69) is 287 Å². The topological polar surface area (TPSA) is 32.8 Å². The van der Waals surface area contributed by atoms with Gasteiger partial charge in [0.05, 0.1) is 5.56 Å². The smallest absolute Gasteiger partial charge is 0.147 e. The fraction of sp³-hybridized carbons (Fsp3) is 0.222. The molecule has 4 nitrogen and oxygen atoms in total. The van der Waals surface area contributed by atoms with Gasteiger partial charge >= 0.3 is 0 Å². The molecule has 0 aliphatic heterocycles. The highest BCUT2D eigenvalue weighted by molar-refractivity contribution is 6.24. The zero-order valence-corrected chi connectivity index (χ0v) is 46.2. The molecular formula is C72H68N2O2. The number of hydrogen-bond donors (Lipinski definition) is 0. The molecule has 0 saturated carbocycles. The molecule has 12 aromatic rings. The van der Waals surface area contributed by atoms with Crippen LogP contribution in [0.25, 0.3) is 76.5 Å². The standard InChI is InChI=1S/C72H68N2O2/c1-69(2,3)50-20-30-54(31-21-50)73(55-32-22-51(23-33-55)70(4,5)6)58-28-18-46-40-60-62-44-63-61-41-47-19-29-59(74(56-34-24-52(25-35-56)71(7,8)9)57-36-26-53(27-37-57)72(10,11)12)39-49(47)43-65(61)76-68(63)66(45-16-14-13-15-17-45)67(62)75-64(60)42-48(46)38-58/h13-44H,1-12H3. The van der Waals surface area contributed by atoms with Crippen LogP contribution in [0.3, 0.4) is 0 Å². The highest BCUT2D eigenvalue weighted by atomic mass is 16.3. The van der Waals surface area contributed by atoms with Crippen LogP contribution in [0.15, 0.2) is 203 Å². The van der Waals surface area contributed by atoms with Crippen molar-refractivity contribution in [2.24, 2.45) is 0 Å². The molecule has 76 heavy (non-hydrogen) atoms. The van der Waals surface area contributed by atoms with Crippen LogP contribution in [0.1, 0.15) is 105 Å². The zero-order chi connectivity index (χ0) is 53.1. The molecule has 2 aromatic heterocycles. The average molecular weight is 993 g/mol. The van der Waals surface area contributed by atoms with Gasteiger partial charge in [-0.1, -0.05) is 174 Å². The second kappa shape index (κ2) is 17.8. The first kappa shape index (κ1) is 48.8. The van der Waals surface area contributed by atoms with E-state index < -0.39 is 0 Å². The van der Waals surface area contributed by atoms with Crippen molar-refractivity contribution >= 4 is 99.5 Å². The highest BCUT2D eigenvalue weighted by Gasteiger charge is 2.25. The maximum Gasteiger partial charge on any atom is 0.147 e. The number of fused-ring (bicyclic) bond motifs is 8. The second-order valence-electron chi connectivity index (χ2n) is 25.2. The molecule has 378 valence electrons. The average Bonchev–Trinajstić information content (AvgIpc) is 4.05. The summed E-state index contributed by atoms with van der Waals surface area (Å²) in [7, 11) is 0. The summed E-state index contributed by atoms with van der Waals surface area (Å²) in [5, 5.41) is 8.79. The Hall–Kier alpha value is -8.08. The van der Waals surface area contributed by atoms with Crippen molar-refractivity contribution in [3.8, 4) is 11.1 Å². The first-order chi connectivity index (χ1) is 36.2. The van der Waals surface area contributed by atoms with E-state index in [1.54, 1.807) is 0 Å². The molecule has 0 unspecified atom stereocenters. The van der Waals surface area contributed by atoms with Crippen molar-refractivity contribution < 1.29 is 8.83 Å². The zero-order valence-electron chi connectivity index (χ0n) is 46.2. The maximum absolute atomic E-state index is 7.09. The van der Waals surface area contributed by atoms with E-state index in [9.17, 15) is 0 Å². The van der Waals surface area contributed by atoms with Crippen LogP contribution < -0.4 is 9.80 Å². The lowest BCUT2D eigenvalue weighted by molar-refractivity contribution is 0.590. The summed E-state index contributed by atoms with van der Waals surface area (Å²) in [6.07, 6.45) is 0. The summed E-state index contributed by atoms with van der Waals surface area (Å²) >= 11 is 0. The Labute approximate surface area is 448 Å². The van der Waals surface area contributed by atoms with Crippen LogP contribution in [0.5, 0.6) is 0 Å². The normalized spacial score (nSPS) is 12.7. The van der Waals surface area contributed by atoms with Gasteiger partial charge in [0.2, 0.25) is 0 Å². The van der Waals surface area contributed by atoms with Crippen LogP contribution in [-0.2, 0) is 21.7 Å². The molecule has 2 heterocycles. The van der Waals surface area contributed by atoms with Crippen molar-refractivity contribution in [2.75, 3.05) is 9.80 Å². The van der Waals surface area contributed by atoms with Crippen LogP contribution in [-0.4, -0.2) is 0 Å². The Kier molecular flexibility index (Phi) is 11.4. The molecule has 0 amide bonds. The van der Waals surface area contributed by atoms with Gasteiger partial charge in [0.25, 0.3) is 0 Å². The first-order valence-electron chi connectivity index (χ1n) is 27.0. The Morgan fingerprint density at radius 3 is 0.908 bits per heavy atom. The summed E-state index contributed by atoms with van der Waals surface area (Å²) in [4.78, 5) is 4.73. The predicted octanol–water partition coefficient (Wildman–Crippen LogP) is 21.6. The Balaban J connectivity index is 0.991. The van der Waals surface area contributed by atoms with Gasteiger partial charge in [-0.2, -0.15) is 0 Å². The molecular weight excluding hydrogens is 925 g/mol. The summed E-state index contributed by atoms with van der Waals surface area (Å²) in [5.74, 6) is 0. The molecule has 4 heteroatoms. The second-order valence-corrected chi connectivity index (χ2v) is 25.2. The van der Waals surface area contributed by atoms with E-state index in [0.29, 0.717) is 0 Å². The third kappa shape index (κ3) is 8.78. The highest BCUT2D eigenvalue weighted by Crippen LogP contribution is 2.48. The van der Waals surface area contributed by atoms with Gasteiger partial charge in [-0.25, -0.2) is 0 Å². The van der Waals surface area contributed by atoms with E-state index in [1.807, 2.05) is 0 Å². The minimum absolute atomic E-state index is 0.0531. The van der Waals surface area contributed by atoms with E-state index in [4.69, 9.17) is 8.83 Å². The number of hydrogen-bond acceptors (Lipinski definition) is 4. The molecule has 0 atom stereocenters. The lowest BCUT2D eigenvalue weighted by atomic mass is 9.86. The van der Waals surface area contributed by atoms with Gasteiger partial charge in [-0.05, 0) is 174 Å². The molecule has 0 N–H and O–H groups in total. The number of rotatable bonds is 7. The lowest BCUT2D eigenvalue weighted by Gasteiger charge is -2.28. The van der Waals surface area contributed by atoms with Crippen molar-refractivity contribution in [1.82, 2.24) is 0 Å². The third-order valence-corrected chi connectivity index (χ3v) is 15.6. The van der Waals surface area contributed by atoms with Gasteiger partial charge in [-0.15, -0.1) is 0 Å². The monoisotopic (exact) mass is 993 g/mol. The number of furan rings is 2. The van der Waals surface area contributed by atoms with Crippen molar-refractivity contribution in [3.05, 3.63) is 216 Å². The van der Waals surface area contributed by atoms with Gasteiger partial charge in [0.1, 0.15) is 22.3 Å². The SMILES string of the molecule is CC(C)(C)c1ccc(N(c2ccc(C(C)(C)C)cc2)c2ccc3cc4c(cc3c2)oc2c(-c3ccccc3)c3oc5cc6cc(N(c7ccc(C(C)(C)C)cc7)c7ccc(C(C)(C)C)cc7)ccc6cc5c3cc24)cc1. The molecule has 0 radical (unpaired) electrons. The van der Waals surface area contributed by atoms with Gasteiger partial charge in [0, 0.05) is 55.7 Å². The van der Waals surface area contributed by atoms with Gasteiger partial charge < -0.3 is 18.6 Å². The summed E-state index contributed by atoms with van der Waals surface area (Å²) in [6, 6.07) is 71.7. The summed E-state index contributed by atoms with van der Waals surface area (Å²) in [5.41, 5.74) is 17.4. The lowest BCUT2D eigenvalue weighted by Crippen LogP contribution is -2.14. The molecule has 0 saturated heterocycles. The minimum Gasteiger partial charge on any atom is -0.455 e. The fourth-order valence-electron chi connectivity index (χ4n) is 11.1. The molecule has 0 spiro atoms. The van der Waals surface area contributed by atoms with Gasteiger partial charge in [-0.3, -0.25) is 0 Å². The number of benzene rings is 10. The van der Waals surface area contributed by atoms with Crippen LogP contribution in [0.4, 0.5) is 34.1 Å².